The second-order valence-corrected chi connectivity index (χ2v) is 8.71. The molecule has 0 atom stereocenters. The quantitative estimate of drug-likeness (QED) is 0.134. The van der Waals surface area contributed by atoms with Gasteiger partial charge in [-0.05, 0) is 84.8 Å². The van der Waals surface area contributed by atoms with E-state index in [1.807, 2.05) is 12.1 Å². The fourth-order valence-corrected chi connectivity index (χ4v) is 3.17. The highest BCUT2D eigenvalue weighted by molar-refractivity contribution is 9.10. The van der Waals surface area contributed by atoms with Gasteiger partial charge in [-0.25, -0.2) is 5.43 Å². The molecule has 0 unspecified atom stereocenters. The first kappa shape index (κ1) is 27.4. The molecule has 0 aliphatic rings. The van der Waals surface area contributed by atoms with E-state index in [9.17, 15) is 14.4 Å². The van der Waals surface area contributed by atoms with E-state index >= 15 is 0 Å². The molecule has 3 rings (SSSR count). The Labute approximate surface area is 223 Å². The first-order chi connectivity index (χ1) is 17.9. The van der Waals surface area contributed by atoms with Crippen LogP contribution in [0.15, 0.2) is 82.4 Å². The molecule has 192 valence electrons. The molecule has 0 aromatic heterocycles. The fraction of sp³-hybridized carbons (Fsp3) is 0.185. The van der Waals surface area contributed by atoms with E-state index in [0.29, 0.717) is 35.0 Å². The Hall–Kier alpha value is -4.18. The molecule has 10 heteroatoms. The predicted octanol–water partition coefficient (Wildman–Crippen LogP) is 4.73. The molecule has 0 aliphatic heterocycles. The average molecular weight is 567 g/mol. The molecule has 3 N–H and O–H groups in total. The van der Waals surface area contributed by atoms with Crippen molar-refractivity contribution in [1.29, 1.82) is 0 Å². The number of hydrogen-bond donors (Lipinski definition) is 3. The summed E-state index contributed by atoms with van der Waals surface area (Å²) in [6, 6.07) is 20.7. The van der Waals surface area contributed by atoms with Crippen LogP contribution in [0.2, 0.25) is 0 Å². The summed E-state index contributed by atoms with van der Waals surface area (Å²) in [4.78, 5) is 36.1. The van der Waals surface area contributed by atoms with Gasteiger partial charge in [0.05, 0.1) is 12.8 Å². The third-order valence-corrected chi connectivity index (χ3v) is 5.37. The van der Waals surface area contributed by atoms with Crippen molar-refractivity contribution >= 4 is 51.2 Å². The zero-order valence-corrected chi connectivity index (χ0v) is 21.8. The lowest BCUT2D eigenvalue weighted by Gasteiger charge is -2.08. The molecule has 0 aliphatic carbocycles. The van der Waals surface area contributed by atoms with Crippen LogP contribution in [0.25, 0.3) is 0 Å². The number of unbranched alkanes of at least 4 members (excludes halogenated alkanes) is 1. The van der Waals surface area contributed by atoms with Gasteiger partial charge >= 0.3 is 11.8 Å². The average Bonchev–Trinajstić information content (AvgIpc) is 2.90. The van der Waals surface area contributed by atoms with Crippen molar-refractivity contribution in [3.05, 3.63) is 82.8 Å². The number of rotatable bonds is 11. The summed E-state index contributed by atoms with van der Waals surface area (Å²) in [6.07, 6.45) is 3.39. The molecule has 9 nitrogen and oxygen atoms in total. The van der Waals surface area contributed by atoms with E-state index in [2.05, 4.69) is 44.0 Å². The van der Waals surface area contributed by atoms with Crippen LogP contribution < -0.4 is 25.5 Å². The van der Waals surface area contributed by atoms with Gasteiger partial charge in [0.2, 0.25) is 0 Å². The number of halogens is 1. The molecule has 3 amide bonds. The van der Waals surface area contributed by atoms with Gasteiger partial charge in [-0.1, -0.05) is 29.3 Å². The molecule has 3 aromatic carbocycles. The maximum atomic E-state index is 12.1. The molecule has 0 saturated heterocycles. The Kier molecular flexibility index (Phi) is 10.7. The van der Waals surface area contributed by atoms with Crippen LogP contribution in [0.3, 0.4) is 0 Å². The topological polar surface area (TPSA) is 118 Å². The van der Waals surface area contributed by atoms with Crippen molar-refractivity contribution in [2.75, 3.05) is 23.8 Å². The molecule has 0 fully saturated rings. The van der Waals surface area contributed by atoms with Crippen molar-refractivity contribution in [2.24, 2.45) is 5.10 Å². The van der Waals surface area contributed by atoms with Gasteiger partial charge in [0, 0.05) is 15.8 Å². The van der Waals surface area contributed by atoms with Gasteiger partial charge in [0.15, 0.2) is 6.61 Å². The van der Waals surface area contributed by atoms with Gasteiger partial charge in [0.1, 0.15) is 11.5 Å². The molecule has 0 saturated carbocycles. The minimum absolute atomic E-state index is 0.150. The summed E-state index contributed by atoms with van der Waals surface area (Å²) in [6.45, 7) is 2.56. The number of carbonyl (C=O) groups excluding carboxylic acids is 3. The highest BCUT2D eigenvalue weighted by atomic mass is 79.9. The fourth-order valence-electron chi connectivity index (χ4n) is 2.90. The normalized spacial score (nSPS) is 10.5. The van der Waals surface area contributed by atoms with Crippen molar-refractivity contribution in [3.63, 3.8) is 0 Å². The predicted molar refractivity (Wildman–Crippen MR) is 146 cm³/mol. The molecular weight excluding hydrogens is 540 g/mol. The van der Waals surface area contributed by atoms with Crippen LogP contribution in [-0.4, -0.2) is 37.1 Å². The third-order valence-electron chi connectivity index (χ3n) is 4.84. The Morgan fingerprint density at radius 3 is 2.08 bits per heavy atom. The third kappa shape index (κ3) is 9.77. The molecule has 0 bridgehead atoms. The first-order valence-electron chi connectivity index (χ1n) is 11.6. The summed E-state index contributed by atoms with van der Waals surface area (Å²) in [5.41, 5.74) is 3.98. The van der Waals surface area contributed by atoms with E-state index in [1.165, 1.54) is 6.21 Å². The van der Waals surface area contributed by atoms with E-state index < -0.39 is 11.8 Å². The van der Waals surface area contributed by atoms with Crippen molar-refractivity contribution in [2.45, 2.75) is 19.8 Å². The highest BCUT2D eigenvalue weighted by Crippen LogP contribution is 2.16. The molecule has 0 heterocycles. The monoisotopic (exact) mass is 566 g/mol. The van der Waals surface area contributed by atoms with Gasteiger partial charge in [-0.15, -0.1) is 0 Å². The van der Waals surface area contributed by atoms with Crippen LogP contribution in [0, 0.1) is 0 Å². The molecule has 3 aromatic rings. The van der Waals surface area contributed by atoms with Gasteiger partial charge in [0.25, 0.3) is 5.91 Å². The van der Waals surface area contributed by atoms with Gasteiger partial charge in [-0.2, -0.15) is 5.10 Å². The summed E-state index contributed by atoms with van der Waals surface area (Å²) in [7, 11) is 0. The number of nitrogens with one attached hydrogen (secondary N) is 3. The minimum atomic E-state index is -0.906. The number of ether oxygens (including phenoxy) is 2. The number of amides is 3. The number of nitrogens with zero attached hydrogens (tertiary/aromatic N) is 1. The molecular formula is C27H27BrN4O5. The SMILES string of the molecule is CCCCOc1ccc(NC(=O)C(=O)N/N=C\c2ccc(OCC(=O)Nc3ccc(Br)cc3)cc2)cc1. The van der Waals surface area contributed by atoms with Gasteiger partial charge in [-0.3, -0.25) is 14.4 Å². The Balaban J connectivity index is 1.39. The smallest absolute Gasteiger partial charge is 0.329 e. The zero-order valence-electron chi connectivity index (χ0n) is 20.2. The van der Waals surface area contributed by atoms with Crippen molar-refractivity contribution < 1.29 is 23.9 Å². The van der Waals surface area contributed by atoms with E-state index in [-0.39, 0.29) is 12.5 Å². The van der Waals surface area contributed by atoms with E-state index in [4.69, 9.17) is 9.47 Å². The Morgan fingerprint density at radius 2 is 1.41 bits per heavy atom. The number of carbonyl (C=O) groups is 3. The standard InChI is InChI=1S/C27H27BrN4O5/c1-2-3-16-36-23-14-10-22(11-15-23)31-26(34)27(35)32-29-17-19-4-12-24(13-5-19)37-18-25(33)30-21-8-6-20(28)7-9-21/h4-15,17H,2-3,16,18H2,1H3,(H,30,33)(H,31,34)(H,32,35)/b29-17-. The van der Waals surface area contributed by atoms with Crippen LogP contribution in [0.4, 0.5) is 11.4 Å². The Morgan fingerprint density at radius 1 is 0.811 bits per heavy atom. The number of anilines is 2. The lowest BCUT2D eigenvalue weighted by atomic mass is 10.2. The van der Waals surface area contributed by atoms with E-state index in [0.717, 1.165) is 17.3 Å². The van der Waals surface area contributed by atoms with Crippen LogP contribution in [0.1, 0.15) is 25.3 Å². The summed E-state index contributed by atoms with van der Waals surface area (Å²) in [5, 5.41) is 9.05. The maximum Gasteiger partial charge on any atom is 0.329 e. The van der Waals surface area contributed by atoms with Gasteiger partial charge < -0.3 is 20.1 Å². The molecule has 0 radical (unpaired) electrons. The number of benzene rings is 3. The number of hydrazone groups is 1. The Bertz CT molecular complexity index is 1210. The van der Waals surface area contributed by atoms with Crippen molar-refractivity contribution in [1.82, 2.24) is 5.43 Å². The maximum absolute atomic E-state index is 12.1. The van der Waals surface area contributed by atoms with Crippen LogP contribution in [0.5, 0.6) is 11.5 Å². The zero-order chi connectivity index (χ0) is 26.5. The minimum Gasteiger partial charge on any atom is -0.494 e. The lowest BCUT2D eigenvalue weighted by Crippen LogP contribution is -2.32. The lowest BCUT2D eigenvalue weighted by molar-refractivity contribution is -0.136. The molecule has 0 spiro atoms. The summed E-state index contributed by atoms with van der Waals surface area (Å²) in [5.74, 6) is -0.849. The summed E-state index contributed by atoms with van der Waals surface area (Å²) >= 11 is 3.34. The largest absolute Gasteiger partial charge is 0.494 e. The van der Waals surface area contributed by atoms with E-state index in [1.54, 1.807) is 60.7 Å². The second-order valence-electron chi connectivity index (χ2n) is 7.79. The summed E-state index contributed by atoms with van der Waals surface area (Å²) < 4.78 is 12.0. The highest BCUT2D eigenvalue weighted by Gasteiger charge is 2.13. The van der Waals surface area contributed by atoms with Crippen LogP contribution >= 0.6 is 15.9 Å². The number of hydrogen-bond acceptors (Lipinski definition) is 6. The van der Waals surface area contributed by atoms with Crippen molar-refractivity contribution in [3.8, 4) is 11.5 Å². The van der Waals surface area contributed by atoms with Crippen LogP contribution in [-0.2, 0) is 14.4 Å². The molecule has 37 heavy (non-hydrogen) atoms. The second kappa shape index (κ2) is 14.4. The first-order valence-corrected chi connectivity index (χ1v) is 12.4.